The fourth-order valence-electron chi connectivity index (χ4n) is 2.30. The number of nitrogen functional groups attached to an aromatic ring is 1. The molecule has 1 heterocycles. The monoisotopic (exact) mass is 295 g/mol. The quantitative estimate of drug-likeness (QED) is 0.687. The molecule has 3 N–H and O–H groups in total. The molecule has 20 heavy (non-hydrogen) atoms. The molecule has 1 saturated carbocycles. The second-order valence-corrected chi connectivity index (χ2v) is 6.45. The highest BCUT2D eigenvalue weighted by atomic mass is 32.1. The van der Waals surface area contributed by atoms with Crippen LogP contribution in [0.15, 0.2) is 6.07 Å². The first-order valence-corrected chi connectivity index (χ1v) is 8.37. The zero-order chi connectivity index (χ0) is 14.5. The summed E-state index contributed by atoms with van der Waals surface area (Å²) in [6, 6.07) is 1.90. The van der Waals surface area contributed by atoms with Gasteiger partial charge in [-0.2, -0.15) is 0 Å². The molecular formula is C15H25N3OS. The molecule has 5 heteroatoms. The normalized spacial score (nSPS) is 14.8. The number of likely N-dealkylation sites (N-methyl/N-ethyl adjacent to an activating group) is 1. The molecule has 0 bridgehead atoms. The predicted molar refractivity (Wildman–Crippen MR) is 86.7 cm³/mol. The lowest BCUT2D eigenvalue weighted by Gasteiger charge is -2.19. The number of Topliss-reactive ketones (excluding diaryl/α,β-unsaturated/α-hetero) is 1. The van der Waals surface area contributed by atoms with Crippen LogP contribution in [0.25, 0.3) is 0 Å². The van der Waals surface area contributed by atoms with E-state index in [1.54, 1.807) is 0 Å². The maximum absolute atomic E-state index is 12.0. The van der Waals surface area contributed by atoms with E-state index in [4.69, 9.17) is 5.73 Å². The average molecular weight is 295 g/mol. The van der Waals surface area contributed by atoms with Gasteiger partial charge in [-0.1, -0.05) is 13.8 Å². The molecule has 1 aliphatic rings. The van der Waals surface area contributed by atoms with Gasteiger partial charge < -0.3 is 16.0 Å². The fourth-order valence-corrected chi connectivity index (χ4v) is 3.32. The Labute approximate surface area is 125 Å². The maximum atomic E-state index is 12.0. The highest BCUT2D eigenvalue weighted by Crippen LogP contribution is 2.38. The lowest BCUT2D eigenvalue weighted by molar-refractivity contribution is 0.0972. The van der Waals surface area contributed by atoms with E-state index in [1.807, 2.05) is 6.07 Å². The summed E-state index contributed by atoms with van der Waals surface area (Å²) in [5, 5.41) is 4.40. The molecule has 0 aromatic carbocycles. The molecule has 0 saturated heterocycles. The van der Waals surface area contributed by atoms with Gasteiger partial charge in [0.15, 0.2) is 5.78 Å². The standard InChI is InChI=1S/C15H25N3OS/c1-3-8-18(4-2)9-7-17-13-10-12(16)15(20-13)14(19)11-5-6-11/h10-11,17H,3-9,16H2,1-2H3. The third-order valence-electron chi connectivity index (χ3n) is 3.65. The van der Waals surface area contributed by atoms with E-state index in [0.29, 0.717) is 5.69 Å². The topological polar surface area (TPSA) is 58.4 Å². The van der Waals surface area contributed by atoms with Gasteiger partial charge >= 0.3 is 0 Å². The molecule has 1 aromatic heterocycles. The number of ketones is 1. The molecule has 4 nitrogen and oxygen atoms in total. The van der Waals surface area contributed by atoms with Crippen molar-refractivity contribution in [1.82, 2.24) is 4.90 Å². The van der Waals surface area contributed by atoms with Gasteiger partial charge in [-0.3, -0.25) is 4.79 Å². The predicted octanol–water partition coefficient (Wildman–Crippen LogP) is 3.07. The van der Waals surface area contributed by atoms with Gasteiger partial charge in [0, 0.05) is 19.0 Å². The van der Waals surface area contributed by atoms with Crippen LogP contribution in [0.5, 0.6) is 0 Å². The second-order valence-electron chi connectivity index (χ2n) is 5.39. The van der Waals surface area contributed by atoms with Gasteiger partial charge in [0.25, 0.3) is 0 Å². The minimum Gasteiger partial charge on any atom is -0.397 e. The molecule has 0 amide bonds. The number of nitrogens with one attached hydrogen (secondary N) is 1. The lowest BCUT2D eigenvalue weighted by atomic mass is 10.2. The van der Waals surface area contributed by atoms with Crippen molar-refractivity contribution in [1.29, 1.82) is 0 Å². The summed E-state index contributed by atoms with van der Waals surface area (Å²) < 4.78 is 0. The molecule has 1 aromatic rings. The molecule has 1 fully saturated rings. The van der Waals surface area contributed by atoms with E-state index in [2.05, 4.69) is 24.1 Å². The Hall–Kier alpha value is -1.07. The van der Waals surface area contributed by atoms with Gasteiger partial charge in [-0.05, 0) is 38.4 Å². The van der Waals surface area contributed by atoms with Gasteiger partial charge in [0.05, 0.1) is 15.6 Å². The van der Waals surface area contributed by atoms with Crippen molar-refractivity contribution in [3.8, 4) is 0 Å². The van der Waals surface area contributed by atoms with Crippen LogP contribution in [0.2, 0.25) is 0 Å². The summed E-state index contributed by atoms with van der Waals surface area (Å²) in [5.41, 5.74) is 6.59. The largest absolute Gasteiger partial charge is 0.397 e. The Morgan fingerprint density at radius 3 is 2.80 bits per heavy atom. The minimum absolute atomic E-state index is 0.238. The van der Waals surface area contributed by atoms with Crippen LogP contribution in [-0.4, -0.2) is 36.9 Å². The lowest BCUT2D eigenvalue weighted by Crippen LogP contribution is -2.29. The number of hydrogen-bond acceptors (Lipinski definition) is 5. The summed E-state index contributed by atoms with van der Waals surface area (Å²) in [6.07, 6.45) is 3.24. The smallest absolute Gasteiger partial charge is 0.178 e. The van der Waals surface area contributed by atoms with Crippen molar-refractivity contribution in [2.24, 2.45) is 5.92 Å². The molecular weight excluding hydrogens is 270 g/mol. The highest BCUT2D eigenvalue weighted by Gasteiger charge is 2.32. The van der Waals surface area contributed by atoms with Crippen molar-refractivity contribution in [3.05, 3.63) is 10.9 Å². The summed E-state index contributed by atoms with van der Waals surface area (Å²) >= 11 is 1.50. The van der Waals surface area contributed by atoms with Crippen LogP contribution >= 0.6 is 11.3 Å². The number of nitrogens with two attached hydrogens (primary N) is 1. The van der Waals surface area contributed by atoms with E-state index in [0.717, 1.165) is 48.9 Å². The van der Waals surface area contributed by atoms with E-state index in [-0.39, 0.29) is 11.7 Å². The van der Waals surface area contributed by atoms with Gasteiger partial charge in [0.1, 0.15) is 0 Å². The van der Waals surface area contributed by atoms with Crippen molar-refractivity contribution in [3.63, 3.8) is 0 Å². The highest BCUT2D eigenvalue weighted by molar-refractivity contribution is 7.18. The van der Waals surface area contributed by atoms with E-state index in [9.17, 15) is 4.79 Å². The van der Waals surface area contributed by atoms with Crippen LogP contribution in [0.4, 0.5) is 10.7 Å². The first-order chi connectivity index (χ1) is 9.65. The third kappa shape index (κ3) is 3.96. The Morgan fingerprint density at radius 2 is 2.20 bits per heavy atom. The third-order valence-corrected chi connectivity index (χ3v) is 4.77. The fraction of sp³-hybridized carbons (Fsp3) is 0.667. The molecule has 0 radical (unpaired) electrons. The summed E-state index contributed by atoms with van der Waals surface area (Å²) in [6.45, 7) is 8.51. The molecule has 1 aliphatic carbocycles. The summed E-state index contributed by atoms with van der Waals surface area (Å²) in [4.78, 5) is 15.2. The van der Waals surface area contributed by atoms with E-state index in [1.165, 1.54) is 17.8 Å². The number of carbonyl (C=O) groups is 1. The molecule has 112 valence electrons. The van der Waals surface area contributed by atoms with Crippen LogP contribution in [-0.2, 0) is 0 Å². The van der Waals surface area contributed by atoms with Crippen LogP contribution in [0, 0.1) is 5.92 Å². The number of nitrogens with zero attached hydrogens (tertiary/aromatic N) is 1. The van der Waals surface area contributed by atoms with E-state index >= 15 is 0 Å². The summed E-state index contributed by atoms with van der Waals surface area (Å²) in [5.74, 6) is 0.477. The van der Waals surface area contributed by atoms with Crippen molar-refractivity contribution < 1.29 is 4.79 Å². The molecule has 0 spiro atoms. The molecule has 0 aliphatic heterocycles. The zero-order valence-electron chi connectivity index (χ0n) is 12.4. The number of anilines is 2. The van der Waals surface area contributed by atoms with Crippen molar-refractivity contribution in [2.45, 2.75) is 33.1 Å². The Balaban J connectivity index is 1.84. The molecule has 2 rings (SSSR count). The SMILES string of the molecule is CCCN(CC)CCNc1cc(N)c(C(=O)C2CC2)s1. The number of carbonyl (C=O) groups excluding carboxylic acids is 1. The van der Waals surface area contributed by atoms with E-state index < -0.39 is 0 Å². The Bertz CT molecular complexity index is 454. The first-order valence-electron chi connectivity index (χ1n) is 7.55. The van der Waals surface area contributed by atoms with Gasteiger partial charge in [-0.15, -0.1) is 11.3 Å². The number of thiophene rings is 1. The second kappa shape index (κ2) is 7.09. The number of rotatable bonds is 9. The van der Waals surface area contributed by atoms with Crippen molar-refractivity contribution >= 4 is 27.8 Å². The molecule has 0 atom stereocenters. The van der Waals surface area contributed by atoms with Crippen LogP contribution in [0.1, 0.15) is 42.8 Å². The van der Waals surface area contributed by atoms with Gasteiger partial charge in [0.2, 0.25) is 0 Å². The van der Waals surface area contributed by atoms with Crippen molar-refractivity contribution in [2.75, 3.05) is 37.2 Å². The van der Waals surface area contributed by atoms with Crippen LogP contribution in [0.3, 0.4) is 0 Å². The Morgan fingerprint density at radius 1 is 1.45 bits per heavy atom. The first kappa shape index (κ1) is 15.3. The maximum Gasteiger partial charge on any atom is 0.178 e. The number of hydrogen-bond donors (Lipinski definition) is 2. The summed E-state index contributed by atoms with van der Waals surface area (Å²) in [7, 11) is 0. The Kier molecular flexibility index (Phi) is 5.43. The molecule has 0 unspecified atom stereocenters. The van der Waals surface area contributed by atoms with Crippen LogP contribution < -0.4 is 11.1 Å². The van der Waals surface area contributed by atoms with Gasteiger partial charge in [-0.25, -0.2) is 0 Å². The average Bonchev–Trinajstić information content (AvgIpc) is 3.21. The minimum atomic E-state index is 0.238. The zero-order valence-corrected chi connectivity index (χ0v) is 13.3.